The summed E-state index contributed by atoms with van der Waals surface area (Å²) in [6.07, 6.45) is 2.51. The zero-order valence-corrected chi connectivity index (χ0v) is 8.10. The van der Waals surface area contributed by atoms with E-state index in [-0.39, 0.29) is 5.57 Å². The van der Waals surface area contributed by atoms with Gasteiger partial charge in [0.15, 0.2) is 0 Å². The number of ether oxygens (including phenoxy) is 1. The normalized spacial score (nSPS) is 25.1. The highest BCUT2D eigenvalue weighted by atomic mass is 16.6. The van der Waals surface area contributed by atoms with Crippen LogP contribution in [-0.2, 0) is 19.1 Å². The van der Waals surface area contributed by atoms with Crippen LogP contribution in [0.25, 0.3) is 0 Å². The fourth-order valence-electron chi connectivity index (χ4n) is 1.48. The van der Waals surface area contributed by atoms with Crippen molar-refractivity contribution in [1.29, 1.82) is 0 Å². The van der Waals surface area contributed by atoms with Gasteiger partial charge in [-0.25, -0.2) is 4.79 Å². The van der Waals surface area contributed by atoms with Gasteiger partial charge in [0.2, 0.25) is 0 Å². The van der Waals surface area contributed by atoms with Crippen molar-refractivity contribution in [2.45, 2.75) is 6.92 Å². The highest BCUT2D eigenvalue weighted by molar-refractivity contribution is 6.09. The monoisotopic (exact) mass is 210 g/mol. The molecule has 1 saturated heterocycles. The van der Waals surface area contributed by atoms with Crippen molar-refractivity contribution >= 4 is 17.9 Å². The number of cyclic esters (lactones) is 2. The predicted molar refractivity (Wildman–Crippen MR) is 49.7 cm³/mol. The van der Waals surface area contributed by atoms with Crippen LogP contribution in [-0.4, -0.2) is 23.0 Å². The van der Waals surface area contributed by atoms with Gasteiger partial charge in [-0.3, -0.25) is 9.59 Å². The summed E-state index contributed by atoms with van der Waals surface area (Å²) in [5, 5.41) is 8.83. The molecule has 0 radical (unpaired) electrons. The van der Waals surface area contributed by atoms with Gasteiger partial charge in [0, 0.05) is 5.57 Å². The van der Waals surface area contributed by atoms with E-state index >= 15 is 0 Å². The highest BCUT2D eigenvalue weighted by Crippen LogP contribution is 2.30. The zero-order chi connectivity index (χ0) is 11.6. The van der Waals surface area contributed by atoms with E-state index in [1.54, 1.807) is 6.92 Å². The SMILES string of the molecule is C=CC(C(=O)O)C1C(=O)OC(=O)C1=CC. The summed E-state index contributed by atoms with van der Waals surface area (Å²) in [4.78, 5) is 33.2. The Bertz CT molecular complexity index is 366. The minimum Gasteiger partial charge on any atom is -0.481 e. The second kappa shape index (κ2) is 4.08. The summed E-state index contributed by atoms with van der Waals surface area (Å²) in [5.41, 5.74) is 0.0762. The number of carbonyl (C=O) groups is 3. The van der Waals surface area contributed by atoms with E-state index in [0.717, 1.165) is 6.08 Å². The van der Waals surface area contributed by atoms with Gasteiger partial charge in [-0.05, 0) is 6.92 Å². The lowest BCUT2D eigenvalue weighted by molar-refractivity contribution is -0.155. The molecule has 5 heteroatoms. The molecule has 0 bridgehead atoms. The average molecular weight is 210 g/mol. The summed E-state index contributed by atoms with van der Waals surface area (Å²) in [6, 6.07) is 0. The molecule has 2 atom stereocenters. The molecule has 0 aromatic carbocycles. The topological polar surface area (TPSA) is 80.7 Å². The molecule has 15 heavy (non-hydrogen) atoms. The van der Waals surface area contributed by atoms with E-state index in [9.17, 15) is 14.4 Å². The van der Waals surface area contributed by atoms with E-state index in [0.29, 0.717) is 0 Å². The van der Waals surface area contributed by atoms with Crippen LogP contribution in [0.15, 0.2) is 24.3 Å². The van der Waals surface area contributed by atoms with Crippen LogP contribution in [0.5, 0.6) is 0 Å². The molecule has 1 aliphatic heterocycles. The summed E-state index contributed by atoms with van der Waals surface area (Å²) in [6.45, 7) is 4.87. The van der Waals surface area contributed by atoms with Gasteiger partial charge < -0.3 is 9.84 Å². The van der Waals surface area contributed by atoms with E-state index in [1.165, 1.54) is 6.08 Å². The third-order valence-corrected chi connectivity index (χ3v) is 2.23. The molecule has 0 aromatic heterocycles. The molecule has 1 aliphatic rings. The smallest absolute Gasteiger partial charge is 0.342 e. The first-order chi connectivity index (χ1) is 7.02. The van der Waals surface area contributed by atoms with Crippen molar-refractivity contribution < 1.29 is 24.2 Å². The van der Waals surface area contributed by atoms with Gasteiger partial charge in [-0.2, -0.15) is 0 Å². The molecule has 0 aliphatic carbocycles. The van der Waals surface area contributed by atoms with Crippen molar-refractivity contribution in [3.63, 3.8) is 0 Å². The number of carboxylic acid groups (broad SMARTS) is 1. The Morgan fingerprint density at radius 1 is 1.60 bits per heavy atom. The summed E-state index contributed by atoms with van der Waals surface area (Å²) < 4.78 is 4.35. The first-order valence-corrected chi connectivity index (χ1v) is 4.30. The number of hydrogen-bond acceptors (Lipinski definition) is 4. The summed E-state index contributed by atoms with van der Waals surface area (Å²) in [7, 11) is 0. The number of allylic oxidation sites excluding steroid dienone is 1. The Balaban J connectivity index is 3.12. The van der Waals surface area contributed by atoms with Crippen LogP contribution >= 0.6 is 0 Å². The van der Waals surface area contributed by atoms with Crippen molar-refractivity contribution in [1.82, 2.24) is 0 Å². The molecule has 2 unspecified atom stereocenters. The lowest BCUT2D eigenvalue weighted by atomic mass is 9.87. The third-order valence-electron chi connectivity index (χ3n) is 2.23. The number of esters is 2. The molecule has 0 saturated carbocycles. The zero-order valence-electron chi connectivity index (χ0n) is 8.10. The van der Waals surface area contributed by atoms with Crippen molar-refractivity contribution in [2.24, 2.45) is 11.8 Å². The Labute approximate surface area is 86.0 Å². The molecule has 0 amide bonds. The van der Waals surface area contributed by atoms with Gasteiger partial charge in [-0.15, -0.1) is 6.58 Å². The lowest BCUT2D eigenvalue weighted by Gasteiger charge is -2.11. The maximum Gasteiger partial charge on any atom is 0.342 e. The second-order valence-corrected chi connectivity index (χ2v) is 3.03. The fraction of sp³-hybridized carbons (Fsp3) is 0.300. The maximum atomic E-state index is 11.3. The molecule has 0 aromatic rings. The average Bonchev–Trinajstić information content (AvgIpc) is 2.42. The van der Waals surface area contributed by atoms with Crippen LogP contribution < -0.4 is 0 Å². The van der Waals surface area contributed by atoms with Crippen molar-refractivity contribution in [3.8, 4) is 0 Å². The number of carbonyl (C=O) groups excluding carboxylic acids is 2. The van der Waals surface area contributed by atoms with E-state index < -0.39 is 29.7 Å². The molecule has 1 heterocycles. The quantitative estimate of drug-likeness (QED) is 0.318. The molecule has 1 fully saturated rings. The Kier molecular flexibility index (Phi) is 3.04. The minimum atomic E-state index is -1.21. The first kappa shape index (κ1) is 11.2. The van der Waals surface area contributed by atoms with Crippen LogP contribution in [0.2, 0.25) is 0 Å². The molecule has 0 spiro atoms. The maximum absolute atomic E-state index is 11.3. The van der Waals surface area contributed by atoms with E-state index in [1.807, 2.05) is 0 Å². The van der Waals surface area contributed by atoms with Gasteiger partial charge in [0.1, 0.15) is 5.92 Å². The molecule has 1 N–H and O–H groups in total. The number of aliphatic carboxylic acids is 1. The van der Waals surface area contributed by atoms with E-state index in [4.69, 9.17) is 5.11 Å². The standard InChI is InChI=1S/C10H10O5/c1-3-5(8(11)12)7-6(4-2)9(13)15-10(7)14/h3-5,7H,1H2,2H3,(H,11,12). The molecular formula is C10H10O5. The predicted octanol–water partition coefficient (Wildman–Crippen LogP) is 0.519. The van der Waals surface area contributed by atoms with Crippen LogP contribution in [0.4, 0.5) is 0 Å². The third kappa shape index (κ3) is 1.81. The first-order valence-electron chi connectivity index (χ1n) is 4.30. The largest absolute Gasteiger partial charge is 0.481 e. The van der Waals surface area contributed by atoms with Gasteiger partial charge in [0.25, 0.3) is 0 Å². The number of hydrogen-bond donors (Lipinski definition) is 1. The second-order valence-electron chi connectivity index (χ2n) is 3.03. The van der Waals surface area contributed by atoms with Crippen LogP contribution in [0.1, 0.15) is 6.92 Å². The van der Waals surface area contributed by atoms with Gasteiger partial charge >= 0.3 is 17.9 Å². The summed E-state index contributed by atoms with van der Waals surface area (Å²) in [5.74, 6) is -5.02. The van der Waals surface area contributed by atoms with E-state index in [2.05, 4.69) is 11.3 Å². The Morgan fingerprint density at radius 3 is 2.60 bits per heavy atom. The van der Waals surface area contributed by atoms with Gasteiger partial charge in [-0.1, -0.05) is 12.2 Å². The summed E-state index contributed by atoms with van der Waals surface area (Å²) >= 11 is 0. The highest BCUT2D eigenvalue weighted by Gasteiger charge is 2.45. The van der Waals surface area contributed by atoms with Crippen LogP contribution in [0.3, 0.4) is 0 Å². The minimum absolute atomic E-state index is 0.0762. The lowest BCUT2D eigenvalue weighted by Crippen LogP contribution is -2.26. The Morgan fingerprint density at radius 2 is 2.20 bits per heavy atom. The molecular weight excluding hydrogens is 200 g/mol. The van der Waals surface area contributed by atoms with Crippen molar-refractivity contribution in [2.75, 3.05) is 0 Å². The molecule has 80 valence electrons. The number of rotatable bonds is 3. The molecule has 1 rings (SSSR count). The van der Waals surface area contributed by atoms with Gasteiger partial charge in [0.05, 0.1) is 5.92 Å². The van der Waals surface area contributed by atoms with Crippen molar-refractivity contribution in [3.05, 3.63) is 24.3 Å². The Hall–Kier alpha value is -1.91. The van der Waals surface area contributed by atoms with Crippen LogP contribution in [0, 0.1) is 11.8 Å². The fourth-order valence-corrected chi connectivity index (χ4v) is 1.48. The number of carboxylic acids is 1. The molecule has 5 nitrogen and oxygen atoms in total.